The van der Waals surface area contributed by atoms with Crippen LogP contribution in [0, 0.1) is 13.8 Å². The summed E-state index contributed by atoms with van der Waals surface area (Å²) in [6, 6.07) is 12.7. The lowest BCUT2D eigenvalue weighted by Gasteiger charge is -2.15. The maximum Gasteiger partial charge on any atom is 0.206 e. The molecular formula is C19H23NO2S. The fourth-order valence-corrected chi connectivity index (χ4v) is 4.83. The number of likely N-dealkylation sites (N-methyl/N-ethyl adjacent to an activating group) is 1. The van der Waals surface area contributed by atoms with Crippen LogP contribution in [0.4, 0.5) is 0 Å². The molecule has 23 heavy (non-hydrogen) atoms. The molecule has 0 bridgehead atoms. The van der Waals surface area contributed by atoms with Crippen molar-refractivity contribution in [3.8, 4) is 0 Å². The molecule has 1 aliphatic heterocycles. The standard InChI is InChI=1S/C19H23NO2S/c1-14-5-4-6-17(11-14)23(21,22)18-7-8-19(15(2)12-18)16-9-10-20(3)13-16/h4-8,11-12,16H,9-10,13H2,1-3H3. The number of rotatable bonds is 3. The molecule has 0 radical (unpaired) electrons. The first-order valence-electron chi connectivity index (χ1n) is 7.99. The molecule has 0 N–H and O–H groups in total. The van der Waals surface area contributed by atoms with E-state index in [2.05, 4.69) is 11.9 Å². The zero-order valence-electron chi connectivity index (χ0n) is 13.9. The van der Waals surface area contributed by atoms with E-state index in [0.29, 0.717) is 15.7 Å². The van der Waals surface area contributed by atoms with Gasteiger partial charge in [-0.1, -0.05) is 18.2 Å². The van der Waals surface area contributed by atoms with Gasteiger partial charge in [0.25, 0.3) is 0 Å². The van der Waals surface area contributed by atoms with E-state index in [-0.39, 0.29) is 0 Å². The zero-order chi connectivity index (χ0) is 16.6. The number of aryl methyl sites for hydroxylation is 2. The van der Waals surface area contributed by atoms with Crippen molar-refractivity contribution in [2.75, 3.05) is 20.1 Å². The summed E-state index contributed by atoms with van der Waals surface area (Å²) in [4.78, 5) is 3.07. The lowest BCUT2D eigenvalue weighted by atomic mass is 9.94. The molecule has 2 aromatic carbocycles. The number of nitrogens with zero attached hydrogens (tertiary/aromatic N) is 1. The minimum absolute atomic E-state index is 0.366. The van der Waals surface area contributed by atoms with Crippen LogP contribution in [0.25, 0.3) is 0 Å². The van der Waals surface area contributed by atoms with Crippen molar-refractivity contribution in [2.24, 2.45) is 0 Å². The lowest BCUT2D eigenvalue weighted by molar-refractivity contribution is 0.411. The Kier molecular flexibility index (Phi) is 4.30. The molecule has 3 rings (SSSR count). The highest BCUT2D eigenvalue weighted by Gasteiger charge is 2.24. The Bertz CT molecular complexity index is 827. The van der Waals surface area contributed by atoms with Crippen LogP contribution in [0.3, 0.4) is 0 Å². The number of benzene rings is 2. The van der Waals surface area contributed by atoms with E-state index in [1.807, 2.05) is 32.0 Å². The molecule has 1 saturated heterocycles. The maximum absolute atomic E-state index is 12.8. The predicted molar refractivity (Wildman–Crippen MR) is 92.7 cm³/mol. The summed E-state index contributed by atoms with van der Waals surface area (Å²) in [6.45, 7) is 6.07. The summed E-state index contributed by atoms with van der Waals surface area (Å²) in [7, 11) is -1.31. The highest BCUT2D eigenvalue weighted by Crippen LogP contribution is 2.31. The van der Waals surface area contributed by atoms with Gasteiger partial charge >= 0.3 is 0 Å². The molecule has 1 unspecified atom stereocenters. The van der Waals surface area contributed by atoms with E-state index in [1.165, 1.54) is 5.56 Å². The van der Waals surface area contributed by atoms with Crippen LogP contribution in [0.1, 0.15) is 29.0 Å². The molecule has 122 valence electrons. The third-order valence-corrected chi connectivity index (χ3v) is 6.43. The van der Waals surface area contributed by atoms with E-state index >= 15 is 0 Å². The molecule has 2 aromatic rings. The van der Waals surface area contributed by atoms with Crippen molar-refractivity contribution in [1.82, 2.24) is 4.90 Å². The summed E-state index contributed by atoms with van der Waals surface area (Å²) in [5, 5.41) is 0. The van der Waals surface area contributed by atoms with Gasteiger partial charge in [0.2, 0.25) is 9.84 Å². The van der Waals surface area contributed by atoms with Gasteiger partial charge in [-0.05, 0) is 80.7 Å². The molecule has 1 heterocycles. The number of likely N-dealkylation sites (tertiary alicyclic amines) is 1. The van der Waals surface area contributed by atoms with Gasteiger partial charge in [-0.25, -0.2) is 8.42 Å². The van der Waals surface area contributed by atoms with E-state index in [9.17, 15) is 8.42 Å². The van der Waals surface area contributed by atoms with Crippen LogP contribution in [0.5, 0.6) is 0 Å². The Hall–Kier alpha value is -1.65. The molecule has 1 atom stereocenters. The molecule has 0 aromatic heterocycles. The van der Waals surface area contributed by atoms with E-state index in [0.717, 1.165) is 30.6 Å². The third kappa shape index (κ3) is 3.19. The number of sulfone groups is 1. The Morgan fingerprint density at radius 3 is 2.39 bits per heavy atom. The summed E-state index contributed by atoms with van der Waals surface area (Å²) in [6.07, 6.45) is 1.14. The van der Waals surface area contributed by atoms with E-state index < -0.39 is 9.84 Å². The Balaban J connectivity index is 1.96. The third-order valence-electron chi connectivity index (χ3n) is 4.68. The molecule has 0 saturated carbocycles. The summed E-state index contributed by atoms with van der Waals surface area (Å²) in [5.74, 6) is 0.510. The van der Waals surface area contributed by atoms with Crippen molar-refractivity contribution >= 4 is 9.84 Å². The second kappa shape index (κ2) is 6.10. The maximum atomic E-state index is 12.8. The molecule has 1 fully saturated rings. The SMILES string of the molecule is Cc1cccc(S(=O)(=O)c2ccc(C3CCN(C)C3)c(C)c2)c1. The first kappa shape index (κ1) is 16.2. The Morgan fingerprint density at radius 1 is 1.04 bits per heavy atom. The van der Waals surface area contributed by atoms with Gasteiger partial charge < -0.3 is 4.90 Å². The van der Waals surface area contributed by atoms with Crippen molar-refractivity contribution in [3.63, 3.8) is 0 Å². The van der Waals surface area contributed by atoms with E-state index in [4.69, 9.17) is 0 Å². The molecular weight excluding hydrogens is 306 g/mol. The average Bonchev–Trinajstić information content (AvgIpc) is 2.93. The van der Waals surface area contributed by atoms with Crippen LogP contribution < -0.4 is 0 Å². The van der Waals surface area contributed by atoms with Gasteiger partial charge in [-0.3, -0.25) is 0 Å². The minimum Gasteiger partial charge on any atom is -0.306 e. The van der Waals surface area contributed by atoms with Crippen LogP contribution in [-0.4, -0.2) is 33.5 Å². The first-order chi connectivity index (χ1) is 10.9. The zero-order valence-corrected chi connectivity index (χ0v) is 14.7. The highest BCUT2D eigenvalue weighted by molar-refractivity contribution is 7.91. The van der Waals surface area contributed by atoms with Crippen molar-refractivity contribution in [2.45, 2.75) is 36.0 Å². The quantitative estimate of drug-likeness (QED) is 0.864. The van der Waals surface area contributed by atoms with Crippen molar-refractivity contribution < 1.29 is 8.42 Å². The van der Waals surface area contributed by atoms with Crippen LogP contribution in [0.2, 0.25) is 0 Å². The van der Waals surface area contributed by atoms with Crippen LogP contribution in [-0.2, 0) is 9.84 Å². The van der Waals surface area contributed by atoms with Crippen LogP contribution in [0.15, 0.2) is 52.3 Å². The average molecular weight is 329 g/mol. The van der Waals surface area contributed by atoms with Gasteiger partial charge in [-0.15, -0.1) is 0 Å². The largest absolute Gasteiger partial charge is 0.306 e. The van der Waals surface area contributed by atoms with Crippen molar-refractivity contribution in [3.05, 3.63) is 59.2 Å². The molecule has 0 aliphatic carbocycles. The predicted octanol–water partition coefficient (Wildman–Crippen LogP) is 3.56. The minimum atomic E-state index is -3.45. The van der Waals surface area contributed by atoms with Crippen LogP contribution >= 0.6 is 0 Å². The van der Waals surface area contributed by atoms with Crippen molar-refractivity contribution in [1.29, 1.82) is 0 Å². The van der Waals surface area contributed by atoms with Gasteiger partial charge in [0, 0.05) is 6.54 Å². The molecule has 1 aliphatic rings. The smallest absolute Gasteiger partial charge is 0.206 e. The van der Waals surface area contributed by atoms with Gasteiger partial charge in [0.15, 0.2) is 0 Å². The highest BCUT2D eigenvalue weighted by atomic mass is 32.2. The molecule has 4 heteroatoms. The normalized spacial score (nSPS) is 19.2. The molecule has 3 nitrogen and oxygen atoms in total. The topological polar surface area (TPSA) is 37.4 Å². The molecule has 0 amide bonds. The van der Waals surface area contributed by atoms with Gasteiger partial charge in [-0.2, -0.15) is 0 Å². The Morgan fingerprint density at radius 2 is 1.78 bits per heavy atom. The fourth-order valence-electron chi connectivity index (χ4n) is 3.38. The monoisotopic (exact) mass is 329 g/mol. The lowest BCUT2D eigenvalue weighted by Crippen LogP contribution is -2.13. The summed E-state index contributed by atoms with van der Waals surface area (Å²) in [5.41, 5.74) is 3.30. The van der Waals surface area contributed by atoms with Gasteiger partial charge in [0.05, 0.1) is 9.79 Å². The summed E-state index contributed by atoms with van der Waals surface area (Å²) < 4.78 is 25.6. The van der Waals surface area contributed by atoms with Gasteiger partial charge in [0.1, 0.15) is 0 Å². The number of hydrogen-bond donors (Lipinski definition) is 0. The second-order valence-electron chi connectivity index (χ2n) is 6.59. The summed E-state index contributed by atoms with van der Waals surface area (Å²) >= 11 is 0. The molecule has 0 spiro atoms. The Labute approximate surface area is 138 Å². The van der Waals surface area contributed by atoms with E-state index in [1.54, 1.807) is 24.3 Å². The fraction of sp³-hybridized carbons (Fsp3) is 0.368. The first-order valence-corrected chi connectivity index (χ1v) is 9.47. The second-order valence-corrected chi connectivity index (χ2v) is 8.54. The number of hydrogen-bond acceptors (Lipinski definition) is 3.